The Bertz CT molecular complexity index is 1260. The normalized spacial score (nSPS) is 14.6. The van der Waals surface area contributed by atoms with Gasteiger partial charge in [-0.25, -0.2) is 4.79 Å². The fourth-order valence-electron chi connectivity index (χ4n) is 3.19. The maximum Gasteiger partial charge on any atom is 0.338 e. The second-order valence-corrected chi connectivity index (χ2v) is 7.91. The first-order valence-electron chi connectivity index (χ1n) is 9.84. The summed E-state index contributed by atoms with van der Waals surface area (Å²) in [4.78, 5) is 50.3. The predicted octanol–water partition coefficient (Wildman–Crippen LogP) is 4.41. The molecule has 0 aliphatic carbocycles. The van der Waals surface area contributed by atoms with E-state index in [1.165, 1.54) is 13.2 Å². The topological polar surface area (TPSA) is 106 Å². The molecule has 0 spiro atoms. The number of methoxy groups -OCH3 is 1. The highest BCUT2D eigenvalue weighted by atomic mass is 32.2. The molecule has 1 aliphatic rings. The molecule has 8 nitrogen and oxygen atoms in total. The average molecular weight is 462 g/mol. The molecule has 1 aromatic heterocycles. The second-order valence-electron chi connectivity index (χ2n) is 6.92. The molecule has 0 unspecified atom stereocenters. The van der Waals surface area contributed by atoms with Crippen LogP contribution in [0.3, 0.4) is 0 Å². The van der Waals surface area contributed by atoms with Gasteiger partial charge in [0.05, 0.1) is 17.6 Å². The number of carbonyl (C=O) groups excluding carboxylic acids is 4. The molecule has 2 aromatic carbocycles. The summed E-state index contributed by atoms with van der Waals surface area (Å²) in [6.07, 6.45) is 1.43. The molecule has 2 heterocycles. The summed E-state index contributed by atoms with van der Waals surface area (Å²) < 4.78 is 10.6. The summed E-state index contributed by atoms with van der Waals surface area (Å²) in [5, 5.41) is 2.10. The van der Waals surface area contributed by atoms with E-state index < -0.39 is 29.6 Å². The van der Waals surface area contributed by atoms with Crippen molar-refractivity contribution in [3.63, 3.8) is 0 Å². The van der Waals surface area contributed by atoms with Crippen LogP contribution in [-0.2, 0) is 14.3 Å². The van der Waals surface area contributed by atoms with Crippen LogP contribution in [0.1, 0.15) is 16.1 Å². The number of imide groups is 1. The van der Waals surface area contributed by atoms with E-state index in [1.54, 1.807) is 60.7 Å². The molecule has 9 heteroatoms. The van der Waals surface area contributed by atoms with Crippen molar-refractivity contribution in [1.82, 2.24) is 4.90 Å². The molecule has 0 radical (unpaired) electrons. The SMILES string of the molecule is COC(=O)c1ccccc1-c1ccc(/C=C2\SC(=O)N(CC(=O)Nc3ccccc3)C2=O)o1. The number of hydrogen-bond acceptors (Lipinski definition) is 7. The second kappa shape index (κ2) is 9.58. The van der Waals surface area contributed by atoms with E-state index in [4.69, 9.17) is 9.15 Å². The predicted molar refractivity (Wildman–Crippen MR) is 123 cm³/mol. The monoisotopic (exact) mass is 462 g/mol. The number of amides is 3. The Morgan fingerprint density at radius 3 is 2.52 bits per heavy atom. The number of nitrogens with zero attached hydrogens (tertiary/aromatic N) is 1. The summed E-state index contributed by atoms with van der Waals surface area (Å²) in [7, 11) is 1.29. The molecule has 1 fully saturated rings. The number of ether oxygens (including phenoxy) is 1. The number of para-hydroxylation sites is 1. The van der Waals surface area contributed by atoms with Crippen LogP contribution >= 0.6 is 11.8 Å². The quantitative estimate of drug-likeness (QED) is 0.427. The third-order valence-electron chi connectivity index (χ3n) is 4.73. The fourth-order valence-corrected chi connectivity index (χ4v) is 4.01. The summed E-state index contributed by atoms with van der Waals surface area (Å²) in [6.45, 7) is -0.396. The number of carbonyl (C=O) groups is 4. The summed E-state index contributed by atoms with van der Waals surface area (Å²) in [6, 6.07) is 18.8. The number of hydrogen-bond donors (Lipinski definition) is 1. The number of anilines is 1. The average Bonchev–Trinajstić information content (AvgIpc) is 3.39. The first-order chi connectivity index (χ1) is 16.0. The van der Waals surface area contributed by atoms with Crippen molar-refractivity contribution in [3.05, 3.63) is 83.0 Å². The van der Waals surface area contributed by atoms with Crippen LogP contribution < -0.4 is 5.32 Å². The molecule has 3 aromatic rings. The van der Waals surface area contributed by atoms with Crippen molar-refractivity contribution in [1.29, 1.82) is 0 Å². The number of furan rings is 1. The molecule has 3 amide bonds. The molecule has 4 rings (SSSR count). The van der Waals surface area contributed by atoms with Crippen LogP contribution in [0.2, 0.25) is 0 Å². The zero-order chi connectivity index (χ0) is 23.4. The van der Waals surface area contributed by atoms with Crippen LogP contribution in [-0.4, -0.2) is 41.6 Å². The largest absolute Gasteiger partial charge is 0.465 e. The van der Waals surface area contributed by atoms with E-state index in [9.17, 15) is 19.2 Å². The number of thioether (sulfide) groups is 1. The van der Waals surface area contributed by atoms with E-state index in [0.717, 1.165) is 16.7 Å². The fraction of sp³-hybridized carbons (Fsp3) is 0.0833. The van der Waals surface area contributed by atoms with Crippen LogP contribution in [0.25, 0.3) is 17.4 Å². The van der Waals surface area contributed by atoms with Gasteiger partial charge in [0.2, 0.25) is 5.91 Å². The van der Waals surface area contributed by atoms with E-state index in [-0.39, 0.29) is 4.91 Å². The zero-order valence-electron chi connectivity index (χ0n) is 17.4. The number of benzene rings is 2. The lowest BCUT2D eigenvalue weighted by atomic mass is 10.1. The number of rotatable bonds is 6. The van der Waals surface area contributed by atoms with E-state index >= 15 is 0 Å². The molecule has 166 valence electrons. The van der Waals surface area contributed by atoms with Crippen molar-refractivity contribution in [2.75, 3.05) is 19.0 Å². The third-order valence-corrected chi connectivity index (χ3v) is 5.64. The Morgan fingerprint density at radius 1 is 1.03 bits per heavy atom. The lowest BCUT2D eigenvalue weighted by Gasteiger charge is -2.12. The Morgan fingerprint density at radius 2 is 1.76 bits per heavy atom. The van der Waals surface area contributed by atoms with Crippen molar-refractivity contribution in [2.24, 2.45) is 0 Å². The highest BCUT2D eigenvalue weighted by Crippen LogP contribution is 2.34. The van der Waals surface area contributed by atoms with Crippen molar-refractivity contribution < 1.29 is 28.3 Å². The van der Waals surface area contributed by atoms with Gasteiger partial charge in [-0.2, -0.15) is 0 Å². The molecule has 33 heavy (non-hydrogen) atoms. The minimum Gasteiger partial charge on any atom is -0.465 e. The van der Waals surface area contributed by atoms with Crippen molar-refractivity contribution in [2.45, 2.75) is 0 Å². The van der Waals surface area contributed by atoms with Crippen LogP contribution in [0, 0.1) is 0 Å². The van der Waals surface area contributed by atoms with Gasteiger partial charge in [-0.3, -0.25) is 19.3 Å². The standard InChI is InChI=1S/C24H18N2O6S/c1-31-23(29)18-10-6-5-9-17(18)19-12-11-16(32-19)13-20-22(28)26(24(30)33-20)14-21(27)25-15-7-3-2-4-8-15/h2-13H,14H2,1H3,(H,25,27)/b20-13-. The number of nitrogens with one attached hydrogen (secondary N) is 1. The molecule has 1 N–H and O–H groups in total. The molecule has 1 aliphatic heterocycles. The maximum absolute atomic E-state index is 12.7. The molecule has 0 bridgehead atoms. The van der Waals surface area contributed by atoms with E-state index in [1.807, 2.05) is 6.07 Å². The minimum atomic E-state index is -0.582. The molecular weight excluding hydrogens is 444 g/mol. The van der Waals surface area contributed by atoms with Crippen LogP contribution in [0.5, 0.6) is 0 Å². The molecule has 1 saturated heterocycles. The Hall–Kier alpha value is -4.11. The molecule has 0 saturated carbocycles. The van der Waals surface area contributed by atoms with Gasteiger partial charge in [0.15, 0.2) is 0 Å². The molecular formula is C24H18N2O6S. The highest BCUT2D eigenvalue weighted by molar-refractivity contribution is 8.18. The Balaban J connectivity index is 1.49. The summed E-state index contributed by atoms with van der Waals surface area (Å²) >= 11 is 0.726. The lowest BCUT2D eigenvalue weighted by Crippen LogP contribution is -2.36. The Kier molecular flexibility index (Phi) is 6.41. The van der Waals surface area contributed by atoms with Gasteiger partial charge in [0.1, 0.15) is 18.1 Å². The first-order valence-corrected chi connectivity index (χ1v) is 10.7. The van der Waals surface area contributed by atoms with Crippen molar-refractivity contribution in [3.8, 4) is 11.3 Å². The summed E-state index contributed by atoms with van der Waals surface area (Å²) in [5.74, 6) is -0.836. The van der Waals surface area contributed by atoms with E-state index in [0.29, 0.717) is 28.3 Å². The van der Waals surface area contributed by atoms with Gasteiger partial charge in [-0.05, 0) is 42.1 Å². The van der Waals surface area contributed by atoms with E-state index in [2.05, 4.69) is 5.32 Å². The van der Waals surface area contributed by atoms with Crippen LogP contribution in [0.15, 0.2) is 76.1 Å². The van der Waals surface area contributed by atoms with Crippen molar-refractivity contribution >= 4 is 46.5 Å². The third kappa shape index (κ3) is 4.88. The minimum absolute atomic E-state index is 0.134. The first kappa shape index (κ1) is 22.1. The maximum atomic E-state index is 12.7. The molecule has 0 atom stereocenters. The van der Waals surface area contributed by atoms with Gasteiger partial charge < -0.3 is 14.5 Å². The highest BCUT2D eigenvalue weighted by Gasteiger charge is 2.36. The lowest BCUT2D eigenvalue weighted by molar-refractivity contribution is -0.127. The van der Waals surface area contributed by atoms with Gasteiger partial charge in [0, 0.05) is 17.3 Å². The number of esters is 1. The van der Waals surface area contributed by atoms with Gasteiger partial charge in [0.25, 0.3) is 11.1 Å². The Labute approximate surface area is 193 Å². The smallest absolute Gasteiger partial charge is 0.338 e. The van der Waals surface area contributed by atoms with Gasteiger partial charge >= 0.3 is 5.97 Å². The van der Waals surface area contributed by atoms with Crippen LogP contribution in [0.4, 0.5) is 10.5 Å². The van der Waals surface area contributed by atoms with Gasteiger partial charge in [-0.1, -0.05) is 36.4 Å². The van der Waals surface area contributed by atoms with Gasteiger partial charge in [-0.15, -0.1) is 0 Å². The summed E-state index contributed by atoms with van der Waals surface area (Å²) in [5.41, 5.74) is 1.45. The zero-order valence-corrected chi connectivity index (χ0v) is 18.3.